The van der Waals surface area contributed by atoms with Crippen molar-refractivity contribution >= 4 is 17.8 Å². The summed E-state index contributed by atoms with van der Waals surface area (Å²) in [6, 6.07) is 0.218. The number of amides is 2. The number of carbonyl (C=O) groups excluding carboxylic acids is 2. The normalized spacial score (nSPS) is 22.7. The molecule has 2 heterocycles. The van der Waals surface area contributed by atoms with Crippen LogP contribution in [0.25, 0.3) is 0 Å². The highest BCUT2D eigenvalue weighted by Gasteiger charge is 2.42. The van der Waals surface area contributed by atoms with E-state index in [1.807, 2.05) is 0 Å². The minimum Gasteiger partial charge on any atom is -0.339 e. The number of anilines is 1. The van der Waals surface area contributed by atoms with Crippen molar-refractivity contribution in [1.82, 2.24) is 20.1 Å². The molecule has 1 aromatic rings. The Kier molecular flexibility index (Phi) is 3.10. The van der Waals surface area contributed by atoms with E-state index in [-0.39, 0.29) is 18.4 Å². The molecule has 1 saturated carbocycles. The van der Waals surface area contributed by atoms with E-state index in [4.69, 9.17) is 0 Å². The Hall–Kier alpha value is -2.13. The van der Waals surface area contributed by atoms with Crippen LogP contribution in [0.4, 0.5) is 19.1 Å². The van der Waals surface area contributed by atoms with Gasteiger partial charge in [-0.2, -0.15) is 18.2 Å². The van der Waals surface area contributed by atoms with E-state index >= 15 is 0 Å². The van der Waals surface area contributed by atoms with E-state index in [9.17, 15) is 22.8 Å². The average Bonchev–Trinajstić information content (AvgIpc) is 2.98. The average molecular weight is 303 g/mol. The first kappa shape index (κ1) is 13.8. The zero-order valence-electron chi connectivity index (χ0n) is 10.8. The summed E-state index contributed by atoms with van der Waals surface area (Å²) in [5, 5.41) is 7.21. The molecule has 0 bridgehead atoms. The van der Waals surface area contributed by atoms with Gasteiger partial charge in [-0.15, -0.1) is 5.10 Å². The van der Waals surface area contributed by atoms with Crippen molar-refractivity contribution < 1.29 is 22.8 Å². The Bertz CT molecular complexity index is 581. The molecule has 1 atom stereocenters. The molecule has 0 radical (unpaired) electrons. The smallest absolute Gasteiger partial charge is 0.339 e. The van der Waals surface area contributed by atoms with E-state index in [1.54, 1.807) is 10.00 Å². The lowest BCUT2D eigenvalue weighted by Crippen LogP contribution is -2.30. The molecule has 1 aromatic heterocycles. The van der Waals surface area contributed by atoms with Crippen LogP contribution >= 0.6 is 0 Å². The maximum atomic E-state index is 12.3. The van der Waals surface area contributed by atoms with Crippen molar-refractivity contribution in [2.45, 2.75) is 31.5 Å². The number of alkyl halides is 3. The highest BCUT2D eigenvalue weighted by atomic mass is 19.4. The molecule has 1 saturated heterocycles. The third kappa shape index (κ3) is 2.83. The summed E-state index contributed by atoms with van der Waals surface area (Å²) in [4.78, 5) is 28.5. The van der Waals surface area contributed by atoms with Crippen LogP contribution in [-0.2, 0) is 15.8 Å². The van der Waals surface area contributed by atoms with Gasteiger partial charge in [0.05, 0.1) is 5.92 Å². The highest BCUT2D eigenvalue weighted by Crippen LogP contribution is 2.33. The van der Waals surface area contributed by atoms with Gasteiger partial charge in [0.15, 0.2) is 0 Å². The van der Waals surface area contributed by atoms with Gasteiger partial charge in [-0.1, -0.05) is 0 Å². The molecule has 0 spiro atoms. The number of carbonyl (C=O) groups is 2. The van der Waals surface area contributed by atoms with Crippen LogP contribution in [-0.4, -0.2) is 44.5 Å². The van der Waals surface area contributed by atoms with Crippen LogP contribution < -0.4 is 5.32 Å². The maximum Gasteiger partial charge on any atom is 0.451 e. The largest absolute Gasteiger partial charge is 0.451 e. The Morgan fingerprint density at radius 3 is 2.67 bits per heavy atom. The topological polar surface area (TPSA) is 91.0 Å². The third-order valence-corrected chi connectivity index (χ3v) is 3.51. The second-order valence-electron chi connectivity index (χ2n) is 5.17. The lowest BCUT2D eigenvalue weighted by molar-refractivity contribution is -0.144. The van der Waals surface area contributed by atoms with Gasteiger partial charge in [0.25, 0.3) is 0 Å². The zero-order valence-corrected chi connectivity index (χ0v) is 10.8. The molecule has 2 amide bonds. The quantitative estimate of drug-likeness (QED) is 0.863. The second-order valence-corrected chi connectivity index (χ2v) is 5.17. The Morgan fingerprint density at radius 2 is 2.10 bits per heavy atom. The van der Waals surface area contributed by atoms with Gasteiger partial charge in [-0.3, -0.25) is 20.0 Å². The summed E-state index contributed by atoms with van der Waals surface area (Å²) in [5.41, 5.74) is 0. The minimum atomic E-state index is -4.65. The van der Waals surface area contributed by atoms with Gasteiger partial charge in [0.2, 0.25) is 23.6 Å². The summed E-state index contributed by atoms with van der Waals surface area (Å²) in [6.07, 6.45) is -2.70. The Labute approximate surface area is 116 Å². The van der Waals surface area contributed by atoms with E-state index in [0.29, 0.717) is 6.54 Å². The van der Waals surface area contributed by atoms with Crippen molar-refractivity contribution in [1.29, 1.82) is 0 Å². The first-order valence-electron chi connectivity index (χ1n) is 6.44. The minimum absolute atomic E-state index is 0.0683. The summed E-state index contributed by atoms with van der Waals surface area (Å²) in [5.74, 6) is -2.93. The molecule has 0 unspecified atom stereocenters. The standard InChI is InChI=1S/C11H12F3N5O2/c12-11(13,14)9-16-10(18-17-9)15-8(21)5-3-7(20)19(4-5)6-1-2-6/h5-6H,1-4H2,(H2,15,16,17,18,21)/t5-/m1/s1. The molecule has 7 nitrogen and oxygen atoms in total. The Balaban J connectivity index is 1.61. The molecule has 1 aliphatic heterocycles. The van der Waals surface area contributed by atoms with Gasteiger partial charge in [-0.25, -0.2) is 0 Å². The molecule has 2 N–H and O–H groups in total. The van der Waals surface area contributed by atoms with Crippen molar-refractivity contribution in [3.63, 3.8) is 0 Å². The van der Waals surface area contributed by atoms with Crippen molar-refractivity contribution in [2.75, 3.05) is 11.9 Å². The Morgan fingerprint density at radius 1 is 1.38 bits per heavy atom. The van der Waals surface area contributed by atoms with Gasteiger partial charge in [0.1, 0.15) is 0 Å². The van der Waals surface area contributed by atoms with Gasteiger partial charge in [-0.05, 0) is 12.8 Å². The fraction of sp³-hybridized carbons (Fsp3) is 0.636. The maximum absolute atomic E-state index is 12.3. The van der Waals surface area contributed by atoms with Crippen LogP contribution in [0.15, 0.2) is 0 Å². The number of H-pyrrole nitrogens is 1. The van der Waals surface area contributed by atoms with Crippen LogP contribution in [0.5, 0.6) is 0 Å². The van der Waals surface area contributed by atoms with E-state index in [0.717, 1.165) is 12.8 Å². The first-order valence-corrected chi connectivity index (χ1v) is 6.44. The third-order valence-electron chi connectivity index (χ3n) is 3.51. The number of hydrogen-bond acceptors (Lipinski definition) is 4. The van der Waals surface area contributed by atoms with Gasteiger partial charge >= 0.3 is 6.18 Å². The van der Waals surface area contributed by atoms with Gasteiger partial charge in [0, 0.05) is 19.0 Å². The SMILES string of the molecule is O=C(Nc1n[nH]c(C(F)(F)F)n1)[C@@H]1CC(=O)N(C2CC2)C1. The molecular formula is C11H12F3N5O2. The first-order chi connectivity index (χ1) is 9.84. The monoisotopic (exact) mass is 303 g/mol. The number of hydrogen-bond donors (Lipinski definition) is 2. The van der Waals surface area contributed by atoms with E-state index in [2.05, 4.69) is 15.4 Å². The zero-order chi connectivity index (χ0) is 15.2. The van der Waals surface area contributed by atoms with Crippen LogP contribution in [0.2, 0.25) is 0 Å². The predicted octanol–water partition coefficient (Wildman–Crippen LogP) is 0.773. The molecule has 2 aliphatic rings. The second kappa shape index (κ2) is 4.71. The van der Waals surface area contributed by atoms with Gasteiger partial charge < -0.3 is 4.90 Å². The van der Waals surface area contributed by atoms with Crippen molar-refractivity contribution in [3.05, 3.63) is 5.82 Å². The van der Waals surface area contributed by atoms with E-state index < -0.39 is 29.8 Å². The predicted molar refractivity (Wildman–Crippen MR) is 62.9 cm³/mol. The van der Waals surface area contributed by atoms with Crippen molar-refractivity contribution in [2.24, 2.45) is 5.92 Å². The number of nitrogens with zero attached hydrogens (tertiary/aromatic N) is 3. The highest BCUT2D eigenvalue weighted by molar-refractivity contribution is 5.96. The lowest BCUT2D eigenvalue weighted by atomic mass is 10.1. The fourth-order valence-corrected chi connectivity index (χ4v) is 2.30. The molecule has 10 heteroatoms. The van der Waals surface area contributed by atoms with Crippen LogP contribution in [0, 0.1) is 5.92 Å². The number of nitrogens with one attached hydrogen (secondary N) is 2. The fourth-order valence-electron chi connectivity index (χ4n) is 2.30. The number of halogens is 3. The molecule has 3 rings (SSSR count). The molecule has 2 fully saturated rings. The number of rotatable bonds is 3. The van der Waals surface area contributed by atoms with Crippen LogP contribution in [0.1, 0.15) is 25.1 Å². The van der Waals surface area contributed by atoms with E-state index in [1.165, 1.54) is 0 Å². The summed E-state index contributed by atoms with van der Waals surface area (Å²) < 4.78 is 37.0. The molecule has 0 aromatic carbocycles. The summed E-state index contributed by atoms with van der Waals surface area (Å²) in [7, 11) is 0. The summed E-state index contributed by atoms with van der Waals surface area (Å²) in [6.45, 7) is 0.298. The lowest BCUT2D eigenvalue weighted by Gasteiger charge is -2.14. The van der Waals surface area contributed by atoms with Crippen molar-refractivity contribution in [3.8, 4) is 0 Å². The molecule has 21 heavy (non-hydrogen) atoms. The molecular weight excluding hydrogens is 291 g/mol. The van der Waals surface area contributed by atoms with Crippen LogP contribution in [0.3, 0.4) is 0 Å². The molecule has 1 aliphatic carbocycles. The number of likely N-dealkylation sites (tertiary alicyclic amines) is 1. The number of aromatic amines is 1. The summed E-state index contributed by atoms with van der Waals surface area (Å²) >= 11 is 0. The molecule has 114 valence electrons. The number of aromatic nitrogens is 3.